The number of nitrogens with zero attached hydrogens (tertiary/aromatic N) is 5. The second-order valence-electron chi connectivity index (χ2n) is 6.21. The van der Waals surface area contributed by atoms with Crippen molar-refractivity contribution in [2.24, 2.45) is 0 Å². The molecule has 10 heteroatoms. The van der Waals surface area contributed by atoms with E-state index in [2.05, 4.69) is 20.4 Å². The fourth-order valence-corrected chi connectivity index (χ4v) is 2.66. The van der Waals surface area contributed by atoms with Crippen LogP contribution in [0.15, 0.2) is 30.6 Å². The molecule has 0 saturated heterocycles. The maximum absolute atomic E-state index is 12.4. The summed E-state index contributed by atoms with van der Waals surface area (Å²) < 4.78 is 31.4. The fraction of sp³-hybridized carbons (Fsp3) is 0.316. The molecule has 0 aliphatic heterocycles. The first kappa shape index (κ1) is 20.1. The second kappa shape index (κ2) is 9.05. The van der Waals surface area contributed by atoms with Gasteiger partial charge < -0.3 is 10.1 Å². The van der Waals surface area contributed by atoms with Gasteiger partial charge in [-0.05, 0) is 19.1 Å². The first-order valence-corrected chi connectivity index (χ1v) is 8.82. The van der Waals surface area contributed by atoms with Gasteiger partial charge in [-0.25, -0.2) is 13.8 Å². The van der Waals surface area contributed by atoms with E-state index in [0.29, 0.717) is 22.2 Å². The third kappa shape index (κ3) is 5.01. The van der Waals surface area contributed by atoms with Crippen LogP contribution in [-0.4, -0.2) is 45.2 Å². The molecule has 0 radical (unpaired) electrons. The van der Waals surface area contributed by atoms with Crippen LogP contribution in [-0.2, 0) is 6.54 Å². The van der Waals surface area contributed by atoms with Crippen molar-refractivity contribution in [1.29, 1.82) is 5.26 Å². The third-order valence-electron chi connectivity index (χ3n) is 4.00. The summed E-state index contributed by atoms with van der Waals surface area (Å²) in [6, 6.07) is 7.13. The number of halogens is 2. The highest BCUT2D eigenvalue weighted by Crippen LogP contribution is 2.19. The lowest BCUT2D eigenvalue weighted by Gasteiger charge is -2.09. The molecule has 3 rings (SSSR count). The molecule has 1 N–H and O–H groups in total. The van der Waals surface area contributed by atoms with Gasteiger partial charge in [-0.1, -0.05) is 6.07 Å². The summed E-state index contributed by atoms with van der Waals surface area (Å²) >= 11 is 0. The van der Waals surface area contributed by atoms with Gasteiger partial charge in [0, 0.05) is 24.5 Å². The molecule has 0 unspecified atom stereocenters. The summed E-state index contributed by atoms with van der Waals surface area (Å²) in [6.07, 6.45) is 0.777. The van der Waals surface area contributed by atoms with E-state index in [1.165, 1.54) is 6.20 Å². The van der Waals surface area contributed by atoms with Gasteiger partial charge in [-0.15, -0.1) is 0 Å². The Morgan fingerprint density at radius 2 is 2.21 bits per heavy atom. The standard InChI is InChI=1S/C19H18F2N6O2/c1-12-3-4-13(25-19(12)29-11-16(20)21)9-27-10-14-15(26-27)5-8-23-17(14)18(28)24-7-2-6-22/h3-5,8,10,16H,2,7,9,11H2,1H3,(H,24,28). The number of carbonyl (C=O) groups excluding carboxylic acids is 1. The summed E-state index contributed by atoms with van der Waals surface area (Å²) in [7, 11) is 0. The van der Waals surface area contributed by atoms with Crippen molar-refractivity contribution < 1.29 is 18.3 Å². The maximum atomic E-state index is 12.4. The first-order valence-electron chi connectivity index (χ1n) is 8.82. The number of carbonyl (C=O) groups is 1. The fourth-order valence-electron chi connectivity index (χ4n) is 2.66. The number of hydrogen-bond acceptors (Lipinski definition) is 6. The average Bonchev–Trinajstić information content (AvgIpc) is 3.10. The minimum Gasteiger partial charge on any atom is -0.471 e. The molecule has 0 saturated carbocycles. The maximum Gasteiger partial charge on any atom is 0.272 e. The molecule has 0 atom stereocenters. The van der Waals surface area contributed by atoms with Crippen molar-refractivity contribution >= 4 is 16.8 Å². The van der Waals surface area contributed by atoms with E-state index in [4.69, 9.17) is 10.00 Å². The Labute approximate surface area is 165 Å². The third-order valence-corrected chi connectivity index (χ3v) is 4.00. The Morgan fingerprint density at radius 3 is 2.97 bits per heavy atom. The van der Waals surface area contributed by atoms with Crippen molar-refractivity contribution in [3.8, 4) is 11.9 Å². The van der Waals surface area contributed by atoms with Crippen molar-refractivity contribution in [3.05, 3.63) is 47.5 Å². The first-order chi connectivity index (χ1) is 14.0. The molecule has 1 amide bonds. The highest BCUT2D eigenvalue weighted by atomic mass is 19.3. The molecule has 3 aromatic rings. The number of nitrogens with one attached hydrogen (secondary N) is 1. The Kier molecular flexibility index (Phi) is 6.29. The molecular weight excluding hydrogens is 382 g/mol. The molecule has 0 spiro atoms. The van der Waals surface area contributed by atoms with E-state index >= 15 is 0 Å². The highest BCUT2D eigenvalue weighted by molar-refractivity contribution is 6.04. The van der Waals surface area contributed by atoms with Gasteiger partial charge in [0.2, 0.25) is 5.88 Å². The van der Waals surface area contributed by atoms with Crippen LogP contribution >= 0.6 is 0 Å². The van der Waals surface area contributed by atoms with E-state index in [9.17, 15) is 13.6 Å². The molecule has 0 aliphatic carbocycles. The minimum absolute atomic E-state index is 0.152. The summed E-state index contributed by atoms with van der Waals surface area (Å²) in [6.45, 7) is 1.49. The molecule has 150 valence electrons. The molecule has 0 fully saturated rings. The number of pyridine rings is 2. The number of amides is 1. The van der Waals surface area contributed by atoms with Crippen LogP contribution in [0.3, 0.4) is 0 Å². The molecule has 29 heavy (non-hydrogen) atoms. The van der Waals surface area contributed by atoms with Crippen LogP contribution in [0, 0.1) is 18.3 Å². The van der Waals surface area contributed by atoms with Gasteiger partial charge in [-0.3, -0.25) is 14.5 Å². The molecule has 3 heterocycles. The van der Waals surface area contributed by atoms with Gasteiger partial charge in [0.15, 0.2) is 6.61 Å². The molecular formula is C19H18F2N6O2. The summed E-state index contributed by atoms with van der Waals surface area (Å²) in [5.41, 5.74) is 2.01. The van der Waals surface area contributed by atoms with Gasteiger partial charge in [0.25, 0.3) is 12.3 Å². The van der Waals surface area contributed by atoms with E-state index in [-0.39, 0.29) is 37.0 Å². The lowest BCUT2D eigenvalue weighted by atomic mass is 10.2. The number of aromatic nitrogens is 4. The van der Waals surface area contributed by atoms with Gasteiger partial charge in [-0.2, -0.15) is 10.4 Å². The summed E-state index contributed by atoms with van der Waals surface area (Å²) in [5, 5.41) is 16.2. The minimum atomic E-state index is -2.58. The number of ether oxygens (including phenoxy) is 1. The largest absolute Gasteiger partial charge is 0.471 e. The molecule has 0 aromatic carbocycles. The topological polar surface area (TPSA) is 106 Å². The van der Waals surface area contributed by atoms with E-state index < -0.39 is 13.0 Å². The highest BCUT2D eigenvalue weighted by Gasteiger charge is 2.15. The van der Waals surface area contributed by atoms with Crippen molar-refractivity contribution in [2.75, 3.05) is 13.2 Å². The number of rotatable bonds is 8. The normalized spacial score (nSPS) is 10.9. The monoisotopic (exact) mass is 400 g/mol. The second-order valence-corrected chi connectivity index (χ2v) is 6.21. The van der Waals surface area contributed by atoms with Gasteiger partial charge in [0.05, 0.1) is 35.6 Å². The zero-order chi connectivity index (χ0) is 20.8. The number of fused-ring (bicyclic) bond motifs is 1. The predicted molar refractivity (Wildman–Crippen MR) is 99.7 cm³/mol. The van der Waals surface area contributed by atoms with Crippen molar-refractivity contribution in [3.63, 3.8) is 0 Å². The van der Waals surface area contributed by atoms with Gasteiger partial charge >= 0.3 is 0 Å². The number of nitriles is 1. The Morgan fingerprint density at radius 1 is 1.38 bits per heavy atom. The Balaban J connectivity index is 1.81. The van der Waals surface area contributed by atoms with Gasteiger partial charge in [0.1, 0.15) is 5.69 Å². The van der Waals surface area contributed by atoms with E-state index in [1.54, 1.807) is 36.0 Å². The Bertz CT molecular complexity index is 1060. The number of alkyl halides is 2. The van der Waals surface area contributed by atoms with Crippen molar-refractivity contribution in [1.82, 2.24) is 25.1 Å². The summed E-state index contributed by atoms with van der Waals surface area (Å²) in [5.74, 6) is -0.236. The number of hydrogen-bond donors (Lipinski definition) is 1. The molecule has 0 bridgehead atoms. The van der Waals surface area contributed by atoms with E-state index in [1.807, 2.05) is 6.07 Å². The lowest BCUT2D eigenvalue weighted by molar-refractivity contribution is 0.0791. The Hall–Kier alpha value is -3.61. The van der Waals surface area contributed by atoms with Crippen LogP contribution in [0.25, 0.3) is 10.9 Å². The van der Waals surface area contributed by atoms with Crippen LogP contribution < -0.4 is 10.1 Å². The quantitative estimate of drug-likeness (QED) is 0.583. The zero-order valence-corrected chi connectivity index (χ0v) is 15.6. The number of aryl methyl sites for hydroxylation is 1. The summed E-state index contributed by atoms with van der Waals surface area (Å²) in [4.78, 5) is 20.7. The SMILES string of the molecule is Cc1ccc(Cn2cc3c(C(=O)NCCC#N)nccc3n2)nc1OCC(F)F. The van der Waals surface area contributed by atoms with Crippen LogP contribution in [0.1, 0.15) is 28.2 Å². The zero-order valence-electron chi connectivity index (χ0n) is 15.6. The van der Waals surface area contributed by atoms with E-state index in [0.717, 1.165) is 0 Å². The predicted octanol–water partition coefficient (Wildman–Crippen LogP) is 2.47. The van der Waals surface area contributed by atoms with Crippen LogP contribution in [0.4, 0.5) is 8.78 Å². The molecule has 3 aromatic heterocycles. The van der Waals surface area contributed by atoms with Crippen LogP contribution in [0.2, 0.25) is 0 Å². The average molecular weight is 400 g/mol. The van der Waals surface area contributed by atoms with Crippen LogP contribution in [0.5, 0.6) is 5.88 Å². The smallest absolute Gasteiger partial charge is 0.272 e. The molecule has 0 aliphatic rings. The van der Waals surface area contributed by atoms with Crippen molar-refractivity contribution in [2.45, 2.75) is 26.3 Å². The molecule has 8 nitrogen and oxygen atoms in total. The lowest BCUT2D eigenvalue weighted by Crippen LogP contribution is -2.25.